The Kier molecular flexibility index (Phi) is 4.14. The van der Waals surface area contributed by atoms with Crippen LogP contribution in [-0.4, -0.2) is 40.4 Å². The molecule has 2 rings (SSSR count). The molecule has 0 aliphatic rings. The fourth-order valence-electron chi connectivity index (χ4n) is 2.13. The minimum absolute atomic E-state index is 0.0270. The maximum Gasteiger partial charge on any atom is 0.155 e. The van der Waals surface area contributed by atoms with Crippen LogP contribution in [0.15, 0.2) is 30.3 Å². The number of rotatable bonds is 5. The highest BCUT2D eigenvalue weighted by Gasteiger charge is 2.29. The van der Waals surface area contributed by atoms with Crippen molar-refractivity contribution in [2.45, 2.75) is 26.3 Å². The van der Waals surface area contributed by atoms with Crippen LogP contribution in [0.5, 0.6) is 0 Å². The minimum Gasteiger partial charge on any atom is -0.394 e. The molecule has 0 spiro atoms. The zero-order valence-corrected chi connectivity index (χ0v) is 12.9. The monoisotopic (exact) mass is 287 g/mol. The molecular formula is C16H21N3O2. The van der Waals surface area contributed by atoms with Crippen LogP contribution in [0, 0.1) is 6.92 Å². The molecule has 21 heavy (non-hydrogen) atoms. The molecule has 1 heterocycles. The number of aromatic nitrogens is 2. The highest BCUT2D eigenvalue weighted by Crippen LogP contribution is 2.29. The Morgan fingerprint density at radius 2 is 1.95 bits per heavy atom. The first-order chi connectivity index (χ1) is 9.92. The predicted octanol–water partition coefficient (Wildman–Crippen LogP) is 2.20. The van der Waals surface area contributed by atoms with Gasteiger partial charge in [-0.3, -0.25) is 4.79 Å². The number of anilines is 1. The number of likely N-dealkylation sites (N-methyl/N-ethyl adjacent to an activating group) is 1. The van der Waals surface area contributed by atoms with E-state index in [1.54, 1.807) is 4.68 Å². The molecule has 0 saturated carbocycles. The molecule has 0 unspecified atom stereocenters. The van der Waals surface area contributed by atoms with Crippen LogP contribution in [0.2, 0.25) is 0 Å². The summed E-state index contributed by atoms with van der Waals surface area (Å²) in [5, 5.41) is 14.1. The number of hydrogen-bond acceptors (Lipinski definition) is 4. The summed E-state index contributed by atoms with van der Waals surface area (Å²) in [6.07, 6.45) is 0.820. The molecule has 0 atom stereocenters. The summed E-state index contributed by atoms with van der Waals surface area (Å²) in [5.74, 6) is 0.688. The first kappa shape index (κ1) is 15.3. The van der Waals surface area contributed by atoms with Crippen molar-refractivity contribution in [3.05, 3.63) is 41.6 Å². The lowest BCUT2D eigenvalue weighted by molar-refractivity contribution is 0.112. The van der Waals surface area contributed by atoms with Crippen LogP contribution in [0.3, 0.4) is 0 Å². The number of para-hydroxylation sites is 1. The molecule has 0 saturated heterocycles. The predicted molar refractivity (Wildman–Crippen MR) is 83.3 cm³/mol. The van der Waals surface area contributed by atoms with E-state index in [0.717, 1.165) is 12.0 Å². The lowest BCUT2D eigenvalue weighted by Crippen LogP contribution is -2.45. The average molecular weight is 287 g/mol. The minimum atomic E-state index is -0.503. The number of hydrogen-bond donors (Lipinski definition) is 1. The molecule has 0 amide bonds. The van der Waals surface area contributed by atoms with Gasteiger partial charge < -0.3 is 10.0 Å². The third-order valence-corrected chi connectivity index (χ3v) is 3.81. The van der Waals surface area contributed by atoms with Crippen molar-refractivity contribution in [3.63, 3.8) is 0 Å². The molecule has 2 aromatic rings. The van der Waals surface area contributed by atoms with Gasteiger partial charge in [0.15, 0.2) is 6.29 Å². The third kappa shape index (κ3) is 2.69. The molecule has 5 heteroatoms. The Morgan fingerprint density at radius 1 is 1.33 bits per heavy atom. The Labute approximate surface area is 124 Å². The Hall–Kier alpha value is -2.14. The number of carbonyl (C=O) groups excluding carboxylic acids is 1. The van der Waals surface area contributed by atoms with Gasteiger partial charge in [-0.2, -0.15) is 5.10 Å². The SMILES string of the molecule is Cc1nn(-c2ccccc2)c(N(C)C(C)(C)CO)c1C=O. The molecule has 0 bridgehead atoms. The van der Waals surface area contributed by atoms with Crippen molar-refractivity contribution < 1.29 is 9.90 Å². The number of aryl methyl sites for hydroxylation is 1. The molecule has 1 N–H and O–H groups in total. The summed E-state index contributed by atoms with van der Waals surface area (Å²) in [6, 6.07) is 9.65. The number of benzene rings is 1. The van der Waals surface area contributed by atoms with Gasteiger partial charge in [0.25, 0.3) is 0 Å². The van der Waals surface area contributed by atoms with Gasteiger partial charge in [0.2, 0.25) is 0 Å². The van der Waals surface area contributed by atoms with Gasteiger partial charge in [0.1, 0.15) is 5.82 Å². The van der Waals surface area contributed by atoms with Gasteiger partial charge in [-0.25, -0.2) is 4.68 Å². The van der Waals surface area contributed by atoms with E-state index >= 15 is 0 Å². The Balaban J connectivity index is 2.66. The second kappa shape index (κ2) is 5.69. The van der Waals surface area contributed by atoms with Crippen LogP contribution < -0.4 is 4.90 Å². The van der Waals surface area contributed by atoms with Crippen molar-refractivity contribution in [1.29, 1.82) is 0 Å². The quantitative estimate of drug-likeness (QED) is 0.857. The molecule has 0 aliphatic carbocycles. The molecule has 0 radical (unpaired) electrons. The fourth-order valence-corrected chi connectivity index (χ4v) is 2.13. The van der Waals surface area contributed by atoms with Gasteiger partial charge in [-0.05, 0) is 32.9 Å². The summed E-state index contributed by atoms with van der Waals surface area (Å²) in [7, 11) is 1.86. The van der Waals surface area contributed by atoms with E-state index in [-0.39, 0.29) is 6.61 Å². The largest absolute Gasteiger partial charge is 0.394 e. The summed E-state index contributed by atoms with van der Waals surface area (Å²) in [5.41, 5.74) is 1.59. The maximum atomic E-state index is 11.5. The molecule has 0 fully saturated rings. The van der Waals surface area contributed by atoms with Crippen LogP contribution in [0.4, 0.5) is 5.82 Å². The van der Waals surface area contributed by atoms with E-state index in [1.807, 2.05) is 63.1 Å². The maximum absolute atomic E-state index is 11.5. The smallest absolute Gasteiger partial charge is 0.155 e. The van der Waals surface area contributed by atoms with Gasteiger partial charge in [0.05, 0.1) is 29.1 Å². The van der Waals surface area contributed by atoms with Gasteiger partial charge in [0, 0.05) is 7.05 Å². The summed E-state index contributed by atoms with van der Waals surface area (Å²) >= 11 is 0. The zero-order chi connectivity index (χ0) is 15.6. The third-order valence-electron chi connectivity index (χ3n) is 3.81. The van der Waals surface area contributed by atoms with Crippen LogP contribution >= 0.6 is 0 Å². The Bertz CT molecular complexity index is 632. The van der Waals surface area contributed by atoms with Crippen molar-refractivity contribution >= 4 is 12.1 Å². The van der Waals surface area contributed by atoms with Gasteiger partial charge >= 0.3 is 0 Å². The van der Waals surface area contributed by atoms with E-state index in [2.05, 4.69) is 5.10 Å². The van der Waals surface area contributed by atoms with Crippen LogP contribution in [-0.2, 0) is 0 Å². The van der Waals surface area contributed by atoms with E-state index < -0.39 is 5.54 Å². The van der Waals surface area contributed by atoms with Crippen molar-refractivity contribution in [2.24, 2.45) is 0 Å². The average Bonchev–Trinajstić information content (AvgIpc) is 2.83. The standard InChI is InChI=1S/C16H21N3O2/c1-12-14(10-20)15(18(4)16(2,3)11-21)19(17-12)13-8-6-5-7-9-13/h5-10,21H,11H2,1-4H3. The van der Waals surface area contributed by atoms with E-state index in [4.69, 9.17) is 0 Å². The summed E-state index contributed by atoms with van der Waals surface area (Å²) in [6.45, 7) is 5.62. The Morgan fingerprint density at radius 3 is 2.48 bits per heavy atom. The highest BCUT2D eigenvalue weighted by molar-refractivity contribution is 5.85. The molecule has 5 nitrogen and oxygen atoms in total. The van der Waals surface area contributed by atoms with Crippen molar-refractivity contribution in [1.82, 2.24) is 9.78 Å². The second-order valence-electron chi connectivity index (χ2n) is 5.72. The highest BCUT2D eigenvalue weighted by atomic mass is 16.3. The summed E-state index contributed by atoms with van der Waals surface area (Å²) in [4.78, 5) is 13.4. The van der Waals surface area contributed by atoms with Crippen molar-refractivity contribution in [3.8, 4) is 5.69 Å². The molecular weight excluding hydrogens is 266 g/mol. The fraction of sp³-hybridized carbons (Fsp3) is 0.375. The van der Waals surface area contributed by atoms with E-state index in [0.29, 0.717) is 17.1 Å². The first-order valence-electron chi connectivity index (χ1n) is 6.87. The number of carbonyl (C=O) groups is 1. The first-order valence-corrected chi connectivity index (χ1v) is 6.87. The number of aldehydes is 1. The molecule has 1 aromatic carbocycles. The number of nitrogens with zero attached hydrogens (tertiary/aromatic N) is 3. The van der Waals surface area contributed by atoms with Crippen molar-refractivity contribution in [2.75, 3.05) is 18.6 Å². The van der Waals surface area contributed by atoms with Crippen LogP contribution in [0.1, 0.15) is 29.9 Å². The van der Waals surface area contributed by atoms with Crippen LogP contribution in [0.25, 0.3) is 5.69 Å². The summed E-state index contributed by atoms with van der Waals surface area (Å²) < 4.78 is 1.75. The number of aliphatic hydroxyl groups is 1. The van der Waals surface area contributed by atoms with E-state index in [1.165, 1.54) is 0 Å². The molecule has 0 aliphatic heterocycles. The normalized spacial score (nSPS) is 11.5. The molecule has 112 valence electrons. The van der Waals surface area contributed by atoms with Gasteiger partial charge in [-0.1, -0.05) is 18.2 Å². The topological polar surface area (TPSA) is 58.4 Å². The zero-order valence-electron chi connectivity index (χ0n) is 12.9. The lowest BCUT2D eigenvalue weighted by Gasteiger charge is -2.36. The number of aliphatic hydroxyl groups excluding tert-OH is 1. The van der Waals surface area contributed by atoms with Gasteiger partial charge in [-0.15, -0.1) is 0 Å². The molecule has 1 aromatic heterocycles. The lowest BCUT2D eigenvalue weighted by atomic mass is 10.0. The van der Waals surface area contributed by atoms with E-state index in [9.17, 15) is 9.90 Å². The second-order valence-corrected chi connectivity index (χ2v) is 5.72.